The molecule has 0 aromatic carbocycles. The highest BCUT2D eigenvalue weighted by atomic mass is 32.2. The normalized spacial score (nSPS) is 18.6. The van der Waals surface area contributed by atoms with Gasteiger partial charge in [-0.3, -0.25) is 4.79 Å². The van der Waals surface area contributed by atoms with Crippen LogP contribution in [0, 0.1) is 11.3 Å². The first-order valence-electron chi connectivity index (χ1n) is 5.63. The molecule has 0 atom stereocenters. The molecule has 0 bridgehead atoms. The molecule has 1 aliphatic rings. The van der Waals surface area contributed by atoms with Crippen molar-refractivity contribution in [1.29, 1.82) is 5.26 Å². The number of nitriles is 1. The topological polar surface area (TPSA) is 90.3 Å². The number of carbonyl (C=O) groups excluding carboxylic acids is 1. The number of piperidine rings is 1. The van der Waals surface area contributed by atoms with Crippen LogP contribution in [-0.4, -0.2) is 43.5 Å². The molecule has 96 valence electrons. The Kier molecular flexibility index (Phi) is 4.90. The number of hydrogen-bond donors (Lipinski definition) is 1. The number of carbonyl (C=O) groups is 1. The lowest BCUT2D eigenvalue weighted by atomic mass is 10.1. The van der Waals surface area contributed by atoms with Crippen LogP contribution in [0.4, 0.5) is 0 Å². The zero-order valence-electron chi connectivity index (χ0n) is 9.85. The van der Waals surface area contributed by atoms with E-state index in [2.05, 4.69) is 5.32 Å². The molecule has 1 rings (SSSR count). The molecule has 1 heterocycles. The second-order valence-electron chi connectivity index (χ2n) is 3.98. The van der Waals surface area contributed by atoms with Crippen molar-refractivity contribution in [2.24, 2.45) is 0 Å². The number of amides is 1. The third kappa shape index (κ3) is 3.98. The fraction of sp³-hybridized carbons (Fsp3) is 0.800. The Bertz CT molecular complexity index is 405. The Balaban J connectivity index is 2.42. The van der Waals surface area contributed by atoms with Crippen molar-refractivity contribution in [3.05, 3.63) is 0 Å². The highest BCUT2D eigenvalue weighted by Gasteiger charge is 2.27. The first kappa shape index (κ1) is 13.9. The zero-order chi connectivity index (χ0) is 12.9. The Morgan fingerprint density at radius 1 is 1.47 bits per heavy atom. The summed E-state index contributed by atoms with van der Waals surface area (Å²) in [6.07, 6.45) is 1.07. The molecule has 6 nitrogen and oxygen atoms in total. The first-order chi connectivity index (χ1) is 7.99. The van der Waals surface area contributed by atoms with E-state index in [1.807, 2.05) is 0 Å². The maximum atomic E-state index is 11.6. The Labute approximate surface area is 102 Å². The molecule has 0 aliphatic carbocycles. The van der Waals surface area contributed by atoms with Crippen molar-refractivity contribution in [1.82, 2.24) is 9.62 Å². The van der Waals surface area contributed by atoms with Gasteiger partial charge in [-0.2, -0.15) is 5.26 Å². The van der Waals surface area contributed by atoms with Gasteiger partial charge in [-0.15, -0.1) is 0 Å². The summed E-state index contributed by atoms with van der Waals surface area (Å²) >= 11 is 0. The fourth-order valence-corrected chi connectivity index (χ4v) is 2.94. The van der Waals surface area contributed by atoms with Gasteiger partial charge in [0.05, 0.1) is 11.8 Å². The van der Waals surface area contributed by atoms with E-state index in [1.165, 1.54) is 4.31 Å². The minimum absolute atomic E-state index is 0.0147. The summed E-state index contributed by atoms with van der Waals surface area (Å²) in [5, 5.41) is 11.1. The van der Waals surface area contributed by atoms with Crippen molar-refractivity contribution < 1.29 is 13.2 Å². The quantitative estimate of drug-likeness (QED) is 0.759. The summed E-state index contributed by atoms with van der Waals surface area (Å²) in [6.45, 7) is 2.50. The van der Waals surface area contributed by atoms with Crippen molar-refractivity contribution in [3.8, 4) is 6.07 Å². The molecule has 0 saturated carbocycles. The van der Waals surface area contributed by atoms with Gasteiger partial charge in [0.2, 0.25) is 15.9 Å². The minimum Gasteiger partial charge on any atom is -0.352 e. The SMILES string of the molecule is CCS(=O)(=O)N1CCC(NC(=O)CC#N)CC1. The van der Waals surface area contributed by atoms with E-state index in [4.69, 9.17) is 5.26 Å². The van der Waals surface area contributed by atoms with Crippen LogP contribution in [0.3, 0.4) is 0 Å². The lowest BCUT2D eigenvalue weighted by Gasteiger charge is -2.31. The van der Waals surface area contributed by atoms with Crippen LogP contribution in [0.1, 0.15) is 26.2 Å². The van der Waals surface area contributed by atoms with Gasteiger partial charge >= 0.3 is 0 Å². The van der Waals surface area contributed by atoms with Crippen LogP contribution in [0.5, 0.6) is 0 Å². The van der Waals surface area contributed by atoms with Gasteiger partial charge in [0.15, 0.2) is 0 Å². The molecule has 0 aromatic rings. The van der Waals surface area contributed by atoms with Crippen LogP contribution in [0.15, 0.2) is 0 Å². The molecule has 1 saturated heterocycles. The smallest absolute Gasteiger partial charge is 0.234 e. The van der Waals surface area contributed by atoms with Crippen molar-refractivity contribution in [2.75, 3.05) is 18.8 Å². The van der Waals surface area contributed by atoms with Crippen molar-refractivity contribution in [2.45, 2.75) is 32.2 Å². The third-order valence-corrected chi connectivity index (χ3v) is 4.70. The second-order valence-corrected chi connectivity index (χ2v) is 6.23. The second kappa shape index (κ2) is 5.98. The van der Waals surface area contributed by atoms with Crippen LogP contribution in [0.2, 0.25) is 0 Å². The van der Waals surface area contributed by atoms with Crippen LogP contribution in [-0.2, 0) is 14.8 Å². The Hall–Kier alpha value is -1.13. The molecule has 17 heavy (non-hydrogen) atoms. The largest absolute Gasteiger partial charge is 0.352 e. The number of nitrogens with zero attached hydrogens (tertiary/aromatic N) is 2. The standard InChI is InChI=1S/C10H17N3O3S/c1-2-17(15,16)13-7-4-9(5-8-13)12-10(14)3-6-11/h9H,2-5,7-8H2,1H3,(H,12,14). The molecule has 1 N–H and O–H groups in total. The van der Waals surface area contributed by atoms with E-state index in [9.17, 15) is 13.2 Å². The average molecular weight is 259 g/mol. The predicted molar refractivity (Wildman–Crippen MR) is 62.4 cm³/mol. The van der Waals surface area contributed by atoms with Crippen LogP contribution in [0.25, 0.3) is 0 Å². The molecule has 7 heteroatoms. The summed E-state index contributed by atoms with van der Waals surface area (Å²) in [5.41, 5.74) is 0. The lowest BCUT2D eigenvalue weighted by Crippen LogP contribution is -2.46. The van der Waals surface area contributed by atoms with E-state index < -0.39 is 10.0 Å². The van der Waals surface area contributed by atoms with E-state index in [0.717, 1.165) is 0 Å². The lowest BCUT2D eigenvalue weighted by molar-refractivity contribution is -0.121. The van der Waals surface area contributed by atoms with E-state index in [-0.39, 0.29) is 24.1 Å². The molecule has 0 unspecified atom stereocenters. The monoisotopic (exact) mass is 259 g/mol. The van der Waals surface area contributed by atoms with Gasteiger partial charge in [0.25, 0.3) is 0 Å². The highest BCUT2D eigenvalue weighted by molar-refractivity contribution is 7.89. The van der Waals surface area contributed by atoms with Crippen molar-refractivity contribution in [3.63, 3.8) is 0 Å². The van der Waals surface area contributed by atoms with Gasteiger partial charge in [-0.25, -0.2) is 12.7 Å². The summed E-state index contributed by atoms with van der Waals surface area (Å²) in [6, 6.07) is 1.77. The summed E-state index contributed by atoms with van der Waals surface area (Å²) < 4.78 is 24.6. The number of sulfonamides is 1. The molecular weight excluding hydrogens is 242 g/mol. The zero-order valence-corrected chi connectivity index (χ0v) is 10.7. The molecule has 0 aromatic heterocycles. The molecule has 1 aliphatic heterocycles. The van der Waals surface area contributed by atoms with E-state index in [0.29, 0.717) is 25.9 Å². The number of nitrogens with one attached hydrogen (secondary N) is 1. The minimum atomic E-state index is -3.12. The number of hydrogen-bond acceptors (Lipinski definition) is 4. The fourth-order valence-electron chi connectivity index (χ4n) is 1.81. The average Bonchev–Trinajstić information content (AvgIpc) is 2.30. The van der Waals surface area contributed by atoms with Crippen LogP contribution >= 0.6 is 0 Å². The summed E-state index contributed by atoms with van der Waals surface area (Å²) in [7, 11) is -3.12. The first-order valence-corrected chi connectivity index (χ1v) is 7.24. The van der Waals surface area contributed by atoms with Gasteiger partial charge in [-0.05, 0) is 19.8 Å². The summed E-state index contributed by atoms with van der Waals surface area (Å²) in [5.74, 6) is -0.178. The van der Waals surface area contributed by atoms with E-state index >= 15 is 0 Å². The Morgan fingerprint density at radius 2 is 2.06 bits per heavy atom. The molecule has 0 spiro atoms. The van der Waals surface area contributed by atoms with Crippen molar-refractivity contribution >= 4 is 15.9 Å². The molecule has 1 fully saturated rings. The predicted octanol–water partition coefficient (Wildman–Crippen LogP) is -0.170. The molecule has 0 radical (unpaired) electrons. The van der Waals surface area contributed by atoms with Gasteiger partial charge in [0.1, 0.15) is 6.42 Å². The maximum absolute atomic E-state index is 11.6. The Morgan fingerprint density at radius 3 is 2.53 bits per heavy atom. The molecule has 1 amide bonds. The number of rotatable bonds is 4. The van der Waals surface area contributed by atoms with E-state index in [1.54, 1.807) is 13.0 Å². The summed E-state index contributed by atoms with van der Waals surface area (Å²) in [4.78, 5) is 11.2. The van der Waals surface area contributed by atoms with Gasteiger partial charge in [0, 0.05) is 19.1 Å². The van der Waals surface area contributed by atoms with Crippen LogP contribution < -0.4 is 5.32 Å². The third-order valence-electron chi connectivity index (χ3n) is 2.82. The van der Waals surface area contributed by atoms with Gasteiger partial charge < -0.3 is 5.32 Å². The maximum Gasteiger partial charge on any atom is 0.234 e. The molecular formula is C10H17N3O3S. The van der Waals surface area contributed by atoms with Gasteiger partial charge in [-0.1, -0.05) is 0 Å². The highest BCUT2D eigenvalue weighted by Crippen LogP contribution is 2.14.